The van der Waals surface area contributed by atoms with Crippen molar-refractivity contribution in [2.45, 2.75) is 46.0 Å². The van der Waals surface area contributed by atoms with Crippen LogP contribution in [0.5, 0.6) is 5.88 Å². The monoisotopic (exact) mass is 315 g/mol. The minimum atomic E-state index is -0.303. The van der Waals surface area contributed by atoms with Crippen LogP contribution in [-0.2, 0) is 12.5 Å². The first-order valence-electron chi connectivity index (χ1n) is 7.33. The zero-order valence-corrected chi connectivity index (χ0v) is 14.2. The van der Waals surface area contributed by atoms with E-state index in [1.165, 1.54) is 4.68 Å². The summed E-state index contributed by atoms with van der Waals surface area (Å²) in [4.78, 5) is 0. The molecule has 0 saturated heterocycles. The van der Waals surface area contributed by atoms with Gasteiger partial charge in [0.15, 0.2) is 11.5 Å². The Morgan fingerprint density at radius 1 is 1.30 bits per heavy atom. The third-order valence-electron chi connectivity index (χ3n) is 3.39. The Morgan fingerprint density at radius 3 is 2.48 bits per heavy atom. The van der Waals surface area contributed by atoms with Crippen molar-refractivity contribution in [1.29, 1.82) is 5.26 Å². The lowest BCUT2D eigenvalue weighted by Gasteiger charge is -2.14. The van der Waals surface area contributed by atoms with Crippen molar-refractivity contribution in [1.82, 2.24) is 20.0 Å². The molecule has 0 aromatic carbocycles. The second-order valence-electron chi connectivity index (χ2n) is 6.69. The lowest BCUT2D eigenvalue weighted by molar-refractivity contribution is 0.419. The van der Waals surface area contributed by atoms with Crippen LogP contribution in [0.4, 0.5) is 11.5 Å². The van der Waals surface area contributed by atoms with Crippen molar-refractivity contribution >= 4 is 11.5 Å². The van der Waals surface area contributed by atoms with Gasteiger partial charge in [-0.25, -0.2) is 4.68 Å². The molecule has 2 N–H and O–H groups in total. The summed E-state index contributed by atoms with van der Waals surface area (Å²) >= 11 is 0. The van der Waals surface area contributed by atoms with Crippen LogP contribution in [0.1, 0.15) is 57.5 Å². The van der Waals surface area contributed by atoms with E-state index >= 15 is 0 Å². The Morgan fingerprint density at radius 2 is 1.96 bits per heavy atom. The van der Waals surface area contributed by atoms with E-state index in [2.05, 4.69) is 31.6 Å². The number of aryl methyl sites for hydroxylation is 1. The molecule has 0 spiro atoms. The topological polar surface area (TPSA) is 115 Å². The summed E-state index contributed by atoms with van der Waals surface area (Å²) in [6, 6.07) is 2.10. The molecule has 0 saturated carbocycles. The molecular weight excluding hydrogens is 294 g/mol. The van der Waals surface area contributed by atoms with Crippen molar-refractivity contribution in [3.63, 3.8) is 0 Å². The van der Waals surface area contributed by atoms with E-state index in [4.69, 9.17) is 0 Å². The molecule has 2 heterocycles. The van der Waals surface area contributed by atoms with E-state index in [-0.39, 0.29) is 23.0 Å². The van der Waals surface area contributed by atoms with E-state index in [0.29, 0.717) is 22.6 Å². The van der Waals surface area contributed by atoms with Gasteiger partial charge in [0.25, 0.3) is 0 Å². The molecule has 2 rings (SSSR count). The van der Waals surface area contributed by atoms with Gasteiger partial charge in [-0.15, -0.1) is 10.2 Å². The van der Waals surface area contributed by atoms with Crippen molar-refractivity contribution in [3.05, 3.63) is 17.0 Å². The number of azo groups is 1. The Labute approximate surface area is 134 Å². The van der Waals surface area contributed by atoms with Gasteiger partial charge in [-0.2, -0.15) is 15.5 Å². The number of nitrogens with zero attached hydrogens (tertiary/aromatic N) is 6. The number of H-pyrrole nitrogens is 1. The summed E-state index contributed by atoms with van der Waals surface area (Å²) in [5.74, 6) is 0.307. The lowest BCUT2D eigenvalue weighted by atomic mass is 9.91. The number of hydrogen-bond acceptors (Lipinski definition) is 6. The summed E-state index contributed by atoms with van der Waals surface area (Å²) in [6.45, 7) is 9.82. The minimum absolute atomic E-state index is 0.0687. The third-order valence-corrected chi connectivity index (χ3v) is 3.39. The molecule has 122 valence electrons. The maximum atomic E-state index is 10.1. The SMILES string of the molecule is CC(C)c1n[nH]c(/N=N/c2c(C(C)(C)C)nn(C)c2O)c1C#N. The zero-order chi connectivity index (χ0) is 17.4. The number of nitrogens with one attached hydrogen (secondary N) is 1. The molecule has 0 aliphatic carbocycles. The number of rotatable bonds is 3. The van der Waals surface area contributed by atoms with E-state index in [0.717, 1.165) is 0 Å². The number of nitriles is 1. The molecule has 0 radical (unpaired) electrons. The molecule has 0 aliphatic heterocycles. The number of hydrogen-bond donors (Lipinski definition) is 2. The predicted molar refractivity (Wildman–Crippen MR) is 85.1 cm³/mol. The molecule has 0 unspecified atom stereocenters. The van der Waals surface area contributed by atoms with Gasteiger partial charge in [-0.3, -0.25) is 5.10 Å². The van der Waals surface area contributed by atoms with Crippen LogP contribution < -0.4 is 0 Å². The minimum Gasteiger partial charge on any atom is -0.492 e. The van der Waals surface area contributed by atoms with Crippen molar-refractivity contribution in [2.24, 2.45) is 17.3 Å². The Bertz CT molecular complexity index is 784. The van der Waals surface area contributed by atoms with Gasteiger partial charge in [-0.1, -0.05) is 34.6 Å². The molecule has 0 amide bonds. The standard InChI is InChI=1S/C15H21N7O/c1-8(2)10-9(7-16)13(19-17-10)20-18-11-12(15(3,4)5)21-22(6)14(11)23/h8,23H,1-6H3,(H,17,19)/b20-18+. The quantitative estimate of drug-likeness (QED) is 0.842. The fourth-order valence-corrected chi connectivity index (χ4v) is 2.15. The average molecular weight is 315 g/mol. The Balaban J connectivity index is 2.49. The van der Waals surface area contributed by atoms with E-state index in [1.807, 2.05) is 34.6 Å². The molecule has 2 aromatic rings. The highest BCUT2D eigenvalue weighted by atomic mass is 16.3. The van der Waals surface area contributed by atoms with Gasteiger partial charge in [0.2, 0.25) is 5.88 Å². The van der Waals surface area contributed by atoms with Gasteiger partial charge in [-0.05, 0) is 5.92 Å². The van der Waals surface area contributed by atoms with Crippen LogP contribution in [-0.4, -0.2) is 25.1 Å². The zero-order valence-electron chi connectivity index (χ0n) is 14.2. The molecular formula is C15H21N7O. The fourth-order valence-electron chi connectivity index (χ4n) is 2.15. The molecule has 2 aromatic heterocycles. The maximum Gasteiger partial charge on any atom is 0.238 e. The van der Waals surface area contributed by atoms with Gasteiger partial charge < -0.3 is 5.11 Å². The largest absolute Gasteiger partial charge is 0.492 e. The summed E-state index contributed by atoms with van der Waals surface area (Å²) < 4.78 is 1.35. The average Bonchev–Trinajstić information content (AvgIpc) is 2.99. The molecule has 0 bridgehead atoms. The number of aromatic amines is 1. The Kier molecular flexibility index (Phi) is 4.23. The van der Waals surface area contributed by atoms with Gasteiger partial charge in [0.05, 0.1) is 11.4 Å². The fraction of sp³-hybridized carbons (Fsp3) is 0.533. The smallest absolute Gasteiger partial charge is 0.238 e. The summed E-state index contributed by atoms with van der Waals surface area (Å²) in [5.41, 5.74) is 1.63. The lowest BCUT2D eigenvalue weighted by Crippen LogP contribution is -2.12. The van der Waals surface area contributed by atoms with Gasteiger partial charge >= 0.3 is 0 Å². The first-order chi connectivity index (χ1) is 10.7. The molecule has 0 aliphatic rings. The van der Waals surface area contributed by atoms with E-state index in [9.17, 15) is 10.4 Å². The summed E-state index contributed by atoms with van der Waals surface area (Å²) in [5, 5.41) is 38.7. The summed E-state index contributed by atoms with van der Waals surface area (Å²) in [6.07, 6.45) is 0. The van der Waals surface area contributed by atoms with Crippen molar-refractivity contribution in [2.75, 3.05) is 0 Å². The molecule has 23 heavy (non-hydrogen) atoms. The number of aromatic hydroxyl groups is 1. The van der Waals surface area contributed by atoms with Crippen molar-refractivity contribution < 1.29 is 5.11 Å². The highest BCUT2D eigenvalue weighted by Gasteiger charge is 2.26. The highest BCUT2D eigenvalue weighted by molar-refractivity contribution is 5.55. The number of aromatic nitrogens is 4. The second kappa shape index (κ2) is 5.83. The van der Waals surface area contributed by atoms with Crippen LogP contribution in [0.15, 0.2) is 10.2 Å². The summed E-state index contributed by atoms with van der Waals surface area (Å²) in [7, 11) is 1.64. The molecule has 8 nitrogen and oxygen atoms in total. The first-order valence-corrected chi connectivity index (χ1v) is 7.33. The van der Waals surface area contributed by atoms with E-state index < -0.39 is 0 Å². The molecule has 0 atom stereocenters. The van der Waals surface area contributed by atoms with Crippen molar-refractivity contribution in [3.8, 4) is 11.9 Å². The maximum absolute atomic E-state index is 10.1. The highest BCUT2D eigenvalue weighted by Crippen LogP contribution is 2.38. The third kappa shape index (κ3) is 3.08. The second-order valence-corrected chi connectivity index (χ2v) is 6.69. The van der Waals surface area contributed by atoms with Crippen LogP contribution in [0.2, 0.25) is 0 Å². The van der Waals surface area contributed by atoms with Gasteiger partial charge in [0.1, 0.15) is 11.6 Å². The predicted octanol–water partition coefficient (Wildman–Crippen LogP) is 3.56. The first kappa shape index (κ1) is 16.7. The van der Waals surface area contributed by atoms with Crippen LogP contribution in [0.3, 0.4) is 0 Å². The van der Waals surface area contributed by atoms with E-state index in [1.54, 1.807) is 7.05 Å². The Hall–Kier alpha value is -2.69. The van der Waals surface area contributed by atoms with Crippen LogP contribution in [0, 0.1) is 11.3 Å². The van der Waals surface area contributed by atoms with Crippen LogP contribution in [0.25, 0.3) is 0 Å². The van der Waals surface area contributed by atoms with Gasteiger partial charge in [0, 0.05) is 12.5 Å². The molecule has 0 fully saturated rings. The normalized spacial score (nSPS) is 12.3. The van der Waals surface area contributed by atoms with Crippen LogP contribution >= 0.6 is 0 Å². The molecule has 8 heteroatoms.